The number of hydrogen-bond acceptors (Lipinski definition) is 2. The SMILES string of the molecule is CCCCc1ccc(N2c3ccccc3C(=O)C3=CCC=CC32)cc1. The first-order chi connectivity index (χ1) is 12.3. The van der Waals surface area contributed by atoms with E-state index in [2.05, 4.69) is 60.4 Å². The standard InChI is InChI=1S/C23H23NO/c1-2-3-8-17-13-15-18(16-14-17)24-21-11-6-4-9-19(21)23(25)20-10-5-7-12-22(20)24/h4,6-7,9-16,22H,2-3,5,8H2,1H3. The van der Waals surface area contributed by atoms with E-state index in [-0.39, 0.29) is 11.8 Å². The zero-order valence-electron chi connectivity index (χ0n) is 14.6. The Morgan fingerprint density at radius 3 is 2.68 bits per heavy atom. The highest BCUT2D eigenvalue weighted by atomic mass is 16.1. The molecule has 0 saturated heterocycles. The van der Waals surface area contributed by atoms with Crippen molar-refractivity contribution in [1.29, 1.82) is 0 Å². The van der Waals surface area contributed by atoms with Crippen molar-refractivity contribution in [1.82, 2.24) is 0 Å². The molecule has 0 fully saturated rings. The molecule has 2 aromatic rings. The summed E-state index contributed by atoms with van der Waals surface area (Å²) in [5.41, 5.74) is 5.22. The van der Waals surface area contributed by atoms with Gasteiger partial charge >= 0.3 is 0 Å². The summed E-state index contributed by atoms with van der Waals surface area (Å²) in [4.78, 5) is 15.2. The lowest BCUT2D eigenvalue weighted by atomic mass is 9.86. The van der Waals surface area contributed by atoms with Crippen LogP contribution >= 0.6 is 0 Å². The first-order valence-electron chi connectivity index (χ1n) is 9.18. The van der Waals surface area contributed by atoms with E-state index in [1.54, 1.807) is 0 Å². The fourth-order valence-corrected chi connectivity index (χ4v) is 3.76. The smallest absolute Gasteiger partial charge is 0.193 e. The van der Waals surface area contributed by atoms with Gasteiger partial charge in [0, 0.05) is 16.8 Å². The number of carbonyl (C=O) groups excluding carboxylic acids is 1. The van der Waals surface area contributed by atoms with Crippen molar-refractivity contribution in [2.45, 2.75) is 38.6 Å². The fraction of sp³-hybridized carbons (Fsp3) is 0.261. The molecule has 0 N–H and O–H groups in total. The summed E-state index contributed by atoms with van der Waals surface area (Å²) >= 11 is 0. The number of benzene rings is 2. The minimum absolute atomic E-state index is 0.00218. The summed E-state index contributed by atoms with van der Waals surface area (Å²) < 4.78 is 0. The van der Waals surface area contributed by atoms with E-state index in [1.165, 1.54) is 18.4 Å². The Bertz CT molecular complexity index is 845. The van der Waals surface area contributed by atoms with E-state index in [9.17, 15) is 4.79 Å². The summed E-state index contributed by atoms with van der Waals surface area (Å²) in [7, 11) is 0. The van der Waals surface area contributed by atoms with Crippen LogP contribution in [0.2, 0.25) is 0 Å². The molecular weight excluding hydrogens is 306 g/mol. The minimum Gasteiger partial charge on any atom is -0.330 e. The van der Waals surface area contributed by atoms with Crippen molar-refractivity contribution in [2.24, 2.45) is 0 Å². The van der Waals surface area contributed by atoms with Gasteiger partial charge in [0.05, 0.1) is 11.7 Å². The van der Waals surface area contributed by atoms with Crippen LogP contribution < -0.4 is 4.90 Å². The van der Waals surface area contributed by atoms with Crippen LogP contribution in [-0.2, 0) is 6.42 Å². The van der Waals surface area contributed by atoms with Gasteiger partial charge in [0.25, 0.3) is 0 Å². The molecule has 1 heterocycles. The molecule has 4 rings (SSSR count). The van der Waals surface area contributed by atoms with E-state index < -0.39 is 0 Å². The summed E-state index contributed by atoms with van der Waals surface area (Å²) in [6, 6.07) is 16.8. The fourth-order valence-electron chi connectivity index (χ4n) is 3.76. The van der Waals surface area contributed by atoms with E-state index in [1.807, 2.05) is 18.2 Å². The molecule has 25 heavy (non-hydrogen) atoms. The van der Waals surface area contributed by atoms with E-state index in [4.69, 9.17) is 0 Å². The topological polar surface area (TPSA) is 20.3 Å². The summed E-state index contributed by atoms with van der Waals surface area (Å²) in [5.74, 6) is 0.167. The minimum atomic E-state index is -0.00218. The monoisotopic (exact) mass is 329 g/mol. The first-order valence-corrected chi connectivity index (χ1v) is 9.18. The van der Waals surface area contributed by atoms with Crippen LogP contribution in [-0.4, -0.2) is 11.8 Å². The third kappa shape index (κ3) is 2.82. The molecule has 0 aromatic heterocycles. The molecule has 2 nitrogen and oxygen atoms in total. The van der Waals surface area contributed by atoms with Gasteiger partial charge in [-0.15, -0.1) is 0 Å². The molecule has 126 valence electrons. The van der Waals surface area contributed by atoms with Gasteiger partial charge in [-0.05, 0) is 49.1 Å². The van der Waals surface area contributed by atoms with Gasteiger partial charge in [-0.25, -0.2) is 0 Å². The van der Waals surface area contributed by atoms with Crippen molar-refractivity contribution >= 4 is 17.2 Å². The van der Waals surface area contributed by atoms with Crippen LogP contribution in [0.3, 0.4) is 0 Å². The van der Waals surface area contributed by atoms with Crippen LogP contribution in [0.25, 0.3) is 0 Å². The lowest BCUT2D eigenvalue weighted by Gasteiger charge is -2.39. The second kappa shape index (κ2) is 6.72. The van der Waals surface area contributed by atoms with Crippen LogP contribution in [0.15, 0.2) is 72.3 Å². The number of para-hydroxylation sites is 1. The van der Waals surface area contributed by atoms with E-state index in [0.29, 0.717) is 0 Å². The molecule has 1 unspecified atom stereocenters. The maximum absolute atomic E-state index is 12.9. The van der Waals surface area contributed by atoms with Crippen LogP contribution in [0.4, 0.5) is 11.4 Å². The number of aryl methyl sites for hydroxylation is 1. The number of unbranched alkanes of at least 4 members (excludes halogenated alkanes) is 1. The second-order valence-electron chi connectivity index (χ2n) is 6.75. The normalized spacial score (nSPS) is 18.6. The molecule has 1 aliphatic carbocycles. The number of fused-ring (bicyclic) bond motifs is 2. The Morgan fingerprint density at radius 2 is 1.88 bits per heavy atom. The van der Waals surface area contributed by atoms with Gasteiger partial charge in [0.1, 0.15) is 0 Å². The van der Waals surface area contributed by atoms with Crippen molar-refractivity contribution in [3.63, 3.8) is 0 Å². The van der Waals surface area contributed by atoms with Crippen molar-refractivity contribution < 1.29 is 4.79 Å². The summed E-state index contributed by atoms with van der Waals surface area (Å²) in [6.45, 7) is 2.22. The van der Waals surface area contributed by atoms with Crippen LogP contribution in [0.1, 0.15) is 42.1 Å². The zero-order valence-corrected chi connectivity index (χ0v) is 14.6. The molecule has 2 heteroatoms. The van der Waals surface area contributed by atoms with E-state index in [0.717, 1.165) is 35.4 Å². The quantitative estimate of drug-likeness (QED) is 0.679. The Hall–Kier alpha value is -2.61. The molecule has 0 saturated carbocycles. The average Bonchev–Trinajstić information content (AvgIpc) is 2.68. The number of anilines is 2. The average molecular weight is 329 g/mol. The molecular formula is C23H23NO. The molecule has 1 aliphatic heterocycles. The third-order valence-electron chi connectivity index (χ3n) is 5.09. The van der Waals surface area contributed by atoms with Gasteiger partial charge < -0.3 is 4.90 Å². The predicted molar refractivity (Wildman–Crippen MR) is 104 cm³/mol. The molecule has 0 radical (unpaired) electrons. The molecule has 2 aliphatic rings. The largest absolute Gasteiger partial charge is 0.330 e. The molecule has 1 atom stereocenters. The number of allylic oxidation sites excluding steroid dienone is 2. The maximum atomic E-state index is 12.9. The highest BCUT2D eigenvalue weighted by Gasteiger charge is 2.35. The highest BCUT2D eigenvalue weighted by molar-refractivity contribution is 6.16. The first kappa shape index (κ1) is 15.9. The Balaban J connectivity index is 1.77. The van der Waals surface area contributed by atoms with Gasteiger partial charge in [-0.3, -0.25) is 4.79 Å². The number of hydrogen-bond donors (Lipinski definition) is 0. The maximum Gasteiger partial charge on any atom is 0.193 e. The molecule has 0 amide bonds. The Labute approximate surface area is 149 Å². The second-order valence-corrected chi connectivity index (χ2v) is 6.75. The predicted octanol–water partition coefficient (Wildman–Crippen LogP) is 5.62. The molecule has 0 spiro atoms. The number of nitrogens with zero attached hydrogens (tertiary/aromatic N) is 1. The molecule has 0 bridgehead atoms. The van der Waals surface area contributed by atoms with Crippen molar-refractivity contribution in [3.8, 4) is 0 Å². The number of Topliss-reactive ketones (excluding diaryl/α,β-unsaturated/α-hetero) is 1. The number of carbonyl (C=O) groups is 1. The van der Waals surface area contributed by atoms with Gasteiger partial charge in [-0.2, -0.15) is 0 Å². The van der Waals surface area contributed by atoms with Crippen molar-refractivity contribution in [2.75, 3.05) is 4.90 Å². The third-order valence-corrected chi connectivity index (χ3v) is 5.09. The summed E-state index contributed by atoms with van der Waals surface area (Å²) in [6.07, 6.45) is 10.8. The lowest BCUT2D eigenvalue weighted by molar-refractivity contribution is 0.102. The highest BCUT2D eigenvalue weighted by Crippen LogP contribution is 2.40. The van der Waals surface area contributed by atoms with Gasteiger partial charge in [0.15, 0.2) is 5.78 Å². The zero-order chi connectivity index (χ0) is 17.2. The number of ketones is 1. The van der Waals surface area contributed by atoms with Gasteiger partial charge in [-0.1, -0.05) is 55.8 Å². The number of rotatable bonds is 4. The van der Waals surface area contributed by atoms with E-state index >= 15 is 0 Å². The molecule has 2 aromatic carbocycles. The lowest BCUT2D eigenvalue weighted by Crippen LogP contribution is -2.40. The Morgan fingerprint density at radius 1 is 1.08 bits per heavy atom. The Kier molecular flexibility index (Phi) is 4.27. The van der Waals surface area contributed by atoms with Crippen LogP contribution in [0, 0.1) is 0 Å². The van der Waals surface area contributed by atoms with Gasteiger partial charge in [0.2, 0.25) is 0 Å². The van der Waals surface area contributed by atoms with Crippen LogP contribution in [0.5, 0.6) is 0 Å². The summed E-state index contributed by atoms with van der Waals surface area (Å²) in [5, 5.41) is 0. The van der Waals surface area contributed by atoms with Crippen molar-refractivity contribution in [3.05, 3.63) is 83.5 Å².